The zero-order chi connectivity index (χ0) is 25.1. The van der Waals surface area contributed by atoms with Crippen LogP contribution in [0.5, 0.6) is 0 Å². The summed E-state index contributed by atoms with van der Waals surface area (Å²) in [5.74, 6) is 0.193. The number of benzene rings is 1. The summed E-state index contributed by atoms with van der Waals surface area (Å²) in [6, 6.07) is 5.08. The van der Waals surface area contributed by atoms with Crippen molar-refractivity contribution < 1.29 is 24.3 Å². The Hall–Kier alpha value is -2.94. The summed E-state index contributed by atoms with van der Waals surface area (Å²) >= 11 is 0. The minimum atomic E-state index is -0.877. The number of carbonyl (C=O) groups excluding carboxylic acids is 4. The summed E-state index contributed by atoms with van der Waals surface area (Å²) in [5, 5.41) is 19.0. The van der Waals surface area contributed by atoms with Crippen LogP contribution < -0.4 is 20.9 Å². The van der Waals surface area contributed by atoms with Gasteiger partial charge in [0.2, 0.25) is 17.7 Å². The van der Waals surface area contributed by atoms with E-state index in [-0.39, 0.29) is 48.2 Å². The third kappa shape index (κ3) is 6.20. The SMILES string of the molecule is CC(=O)Nc1cc(C(=O)NCC(O)CC(C)C(=O)NC2CC3CCC2C3)cc(N2CCCC2=O)c1. The van der Waals surface area contributed by atoms with Crippen LogP contribution in [-0.4, -0.2) is 54.0 Å². The molecule has 9 nitrogen and oxygen atoms in total. The van der Waals surface area contributed by atoms with Crippen LogP contribution in [-0.2, 0) is 14.4 Å². The summed E-state index contributed by atoms with van der Waals surface area (Å²) in [7, 11) is 0. The van der Waals surface area contributed by atoms with Crippen LogP contribution >= 0.6 is 0 Å². The molecule has 2 bridgehead atoms. The number of hydrogen-bond donors (Lipinski definition) is 4. The molecule has 3 aliphatic rings. The number of amides is 4. The second-order valence-corrected chi connectivity index (χ2v) is 10.4. The third-order valence-corrected chi connectivity index (χ3v) is 7.52. The van der Waals surface area contributed by atoms with E-state index in [1.807, 2.05) is 0 Å². The Morgan fingerprint density at radius 2 is 1.97 bits per heavy atom. The monoisotopic (exact) mass is 484 g/mol. The molecule has 35 heavy (non-hydrogen) atoms. The van der Waals surface area contributed by atoms with Crippen LogP contribution in [0.3, 0.4) is 0 Å². The fourth-order valence-electron chi connectivity index (χ4n) is 5.75. The minimum absolute atomic E-state index is 0.00702. The number of aliphatic hydroxyl groups excluding tert-OH is 1. The maximum atomic E-state index is 12.8. The molecule has 1 aliphatic heterocycles. The smallest absolute Gasteiger partial charge is 0.251 e. The Balaban J connectivity index is 1.31. The van der Waals surface area contributed by atoms with Gasteiger partial charge in [-0.1, -0.05) is 13.3 Å². The van der Waals surface area contributed by atoms with Gasteiger partial charge in [-0.05, 0) is 62.1 Å². The standard InChI is InChI=1S/C26H36N4O5/c1-15(25(34)29-23-10-17-5-6-18(23)9-17)8-22(32)14-27-26(35)19-11-20(28-16(2)31)13-21(12-19)30-7-3-4-24(30)33/h11-13,15,17-18,22-23,32H,3-10,14H2,1-2H3,(H,27,35)(H,28,31)(H,29,34). The van der Waals surface area contributed by atoms with Crippen molar-refractivity contribution in [2.24, 2.45) is 17.8 Å². The predicted octanol–water partition coefficient (Wildman–Crippen LogP) is 2.19. The van der Waals surface area contributed by atoms with Crippen LogP contribution in [0.1, 0.15) is 69.2 Å². The number of carbonyl (C=O) groups is 4. The van der Waals surface area contributed by atoms with Crippen molar-refractivity contribution in [3.8, 4) is 0 Å². The molecule has 5 atom stereocenters. The van der Waals surface area contributed by atoms with Crippen LogP contribution in [0, 0.1) is 17.8 Å². The van der Waals surface area contributed by atoms with Gasteiger partial charge in [-0.3, -0.25) is 19.2 Å². The van der Waals surface area contributed by atoms with E-state index in [1.165, 1.54) is 26.2 Å². The fraction of sp³-hybridized carbons (Fsp3) is 0.615. The number of aliphatic hydroxyl groups is 1. The lowest BCUT2D eigenvalue weighted by molar-refractivity contribution is -0.126. The lowest BCUT2D eigenvalue weighted by Crippen LogP contribution is -2.42. The first-order valence-electron chi connectivity index (χ1n) is 12.7. The molecule has 2 saturated carbocycles. The lowest BCUT2D eigenvalue weighted by atomic mass is 9.94. The van der Waals surface area contributed by atoms with E-state index in [1.54, 1.807) is 30.0 Å². The minimum Gasteiger partial charge on any atom is -0.391 e. The molecule has 1 aromatic rings. The Kier molecular flexibility index (Phi) is 7.74. The van der Waals surface area contributed by atoms with Gasteiger partial charge in [0, 0.05) is 55.3 Å². The van der Waals surface area contributed by atoms with E-state index in [4.69, 9.17) is 0 Å². The van der Waals surface area contributed by atoms with E-state index in [0.29, 0.717) is 30.3 Å². The number of rotatable bonds is 9. The number of anilines is 2. The van der Waals surface area contributed by atoms with E-state index in [9.17, 15) is 24.3 Å². The number of hydrogen-bond acceptors (Lipinski definition) is 5. The molecule has 1 saturated heterocycles. The van der Waals surface area contributed by atoms with Crippen molar-refractivity contribution in [2.75, 3.05) is 23.3 Å². The maximum absolute atomic E-state index is 12.8. The Morgan fingerprint density at radius 1 is 1.17 bits per heavy atom. The highest BCUT2D eigenvalue weighted by atomic mass is 16.3. The average Bonchev–Trinajstić information content (AvgIpc) is 3.54. The van der Waals surface area contributed by atoms with E-state index in [0.717, 1.165) is 18.8 Å². The topological polar surface area (TPSA) is 128 Å². The van der Waals surface area contributed by atoms with Crippen LogP contribution in [0.25, 0.3) is 0 Å². The van der Waals surface area contributed by atoms with Crippen LogP contribution in [0.4, 0.5) is 11.4 Å². The molecule has 5 unspecified atom stereocenters. The highest BCUT2D eigenvalue weighted by Gasteiger charge is 2.40. The third-order valence-electron chi connectivity index (χ3n) is 7.52. The van der Waals surface area contributed by atoms with E-state index >= 15 is 0 Å². The van der Waals surface area contributed by atoms with Gasteiger partial charge in [-0.15, -0.1) is 0 Å². The molecule has 9 heteroatoms. The van der Waals surface area contributed by atoms with Crippen LogP contribution in [0.15, 0.2) is 18.2 Å². The van der Waals surface area contributed by atoms with Crippen molar-refractivity contribution in [3.63, 3.8) is 0 Å². The summed E-state index contributed by atoms with van der Waals surface area (Å²) in [4.78, 5) is 50.8. The average molecular weight is 485 g/mol. The Bertz CT molecular complexity index is 996. The maximum Gasteiger partial charge on any atom is 0.251 e. The quantitative estimate of drug-likeness (QED) is 0.427. The van der Waals surface area contributed by atoms with Gasteiger partial charge in [0.1, 0.15) is 0 Å². The second-order valence-electron chi connectivity index (χ2n) is 10.4. The molecule has 4 amide bonds. The van der Waals surface area contributed by atoms with E-state index < -0.39 is 12.0 Å². The number of nitrogens with zero attached hydrogens (tertiary/aromatic N) is 1. The molecule has 1 heterocycles. The summed E-state index contributed by atoms with van der Waals surface area (Å²) < 4.78 is 0. The van der Waals surface area contributed by atoms with Crippen molar-refractivity contribution in [2.45, 2.75) is 70.9 Å². The molecule has 4 rings (SSSR count). The molecule has 0 spiro atoms. The lowest BCUT2D eigenvalue weighted by Gasteiger charge is -2.25. The highest BCUT2D eigenvalue weighted by molar-refractivity contribution is 6.01. The molecule has 3 fully saturated rings. The fourth-order valence-corrected chi connectivity index (χ4v) is 5.75. The van der Waals surface area contributed by atoms with Crippen molar-refractivity contribution in [1.29, 1.82) is 0 Å². The normalized spacial score (nSPS) is 24.8. The predicted molar refractivity (Wildman–Crippen MR) is 132 cm³/mol. The Labute approximate surface area is 206 Å². The molecule has 1 aromatic carbocycles. The molecular formula is C26H36N4O5. The van der Waals surface area contributed by atoms with Crippen LogP contribution in [0.2, 0.25) is 0 Å². The molecule has 0 aromatic heterocycles. The van der Waals surface area contributed by atoms with Gasteiger partial charge < -0.3 is 26.0 Å². The second kappa shape index (κ2) is 10.8. The zero-order valence-corrected chi connectivity index (χ0v) is 20.5. The molecule has 0 radical (unpaired) electrons. The van der Waals surface area contributed by atoms with Gasteiger partial charge in [-0.2, -0.15) is 0 Å². The molecule has 2 aliphatic carbocycles. The molecule has 4 N–H and O–H groups in total. The van der Waals surface area contributed by atoms with Gasteiger partial charge in [0.15, 0.2) is 0 Å². The first-order chi connectivity index (χ1) is 16.7. The highest BCUT2D eigenvalue weighted by Crippen LogP contribution is 2.44. The molecule has 190 valence electrons. The van der Waals surface area contributed by atoms with Crippen molar-refractivity contribution >= 4 is 35.0 Å². The summed E-state index contributed by atoms with van der Waals surface area (Å²) in [6.07, 6.45) is 5.29. The Morgan fingerprint density at radius 3 is 2.60 bits per heavy atom. The van der Waals surface area contributed by atoms with Crippen molar-refractivity contribution in [1.82, 2.24) is 10.6 Å². The summed E-state index contributed by atoms with van der Waals surface area (Å²) in [6.45, 7) is 3.72. The first-order valence-corrected chi connectivity index (χ1v) is 12.7. The van der Waals surface area contributed by atoms with Gasteiger partial charge in [-0.25, -0.2) is 0 Å². The molecular weight excluding hydrogens is 448 g/mol. The largest absolute Gasteiger partial charge is 0.391 e. The van der Waals surface area contributed by atoms with Crippen molar-refractivity contribution in [3.05, 3.63) is 23.8 Å². The van der Waals surface area contributed by atoms with Gasteiger partial charge in [0.25, 0.3) is 5.91 Å². The summed E-state index contributed by atoms with van der Waals surface area (Å²) in [5.41, 5.74) is 1.25. The van der Waals surface area contributed by atoms with Gasteiger partial charge >= 0.3 is 0 Å². The first kappa shape index (κ1) is 25.2. The number of fused-ring (bicyclic) bond motifs is 2. The van der Waals surface area contributed by atoms with Gasteiger partial charge in [0.05, 0.1) is 6.10 Å². The zero-order valence-electron chi connectivity index (χ0n) is 20.5. The number of nitrogens with one attached hydrogen (secondary N) is 3. The van der Waals surface area contributed by atoms with E-state index in [2.05, 4.69) is 16.0 Å².